The lowest BCUT2D eigenvalue weighted by Crippen LogP contribution is -2.49. The molecule has 0 unspecified atom stereocenters. The van der Waals surface area contributed by atoms with Gasteiger partial charge in [-0.3, -0.25) is 4.79 Å². The van der Waals surface area contributed by atoms with Gasteiger partial charge < -0.3 is 9.80 Å². The van der Waals surface area contributed by atoms with Crippen molar-refractivity contribution in [1.29, 1.82) is 0 Å². The lowest BCUT2D eigenvalue weighted by atomic mass is 10.1. The Balaban J connectivity index is 1.38. The molecule has 174 valence electrons. The smallest absolute Gasteiger partial charge is 0.253 e. The molecule has 8 heteroatoms. The van der Waals surface area contributed by atoms with E-state index in [2.05, 4.69) is 15.1 Å². The van der Waals surface area contributed by atoms with Crippen LogP contribution in [0.1, 0.15) is 15.9 Å². The summed E-state index contributed by atoms with van der Waals surface area (Å²) in [6.07, 6.45) is 0. The molecule has 1 amide bonds. The molecular weight excluding hydrogens is 460 g/mol. The van der Waals surface area contributed by atoms with E-state index >= 15 is 0 Å². The van der Waals surface area contributed by atoms with Gasteiger partial charge in [0, 0.05) is 47.7 Å². The third-order valence-electron chi connectivity index (χ3n) is 6.45. The minimum atomic E-state index is 0.0659. The van der Waals surface area contributed by atoms with Gasteiger partial charge in [0.15, 0.2) is 11.5 Å². The molecule has 1 saturated heterocycles. The van der Waals surface area contributed by atoms with Crippen LogP contribution < -0.4 is 4.90 Å². The van der Waals surface area contributed by atoms with Crippen LogP contribution in [-0.4, -0.2) is 56.6 Å². The van der Waals surface area contributed by atoms with E-state index in [1.54, 1.807) is 0 Å². The molecule has 1 fully saturated rings. The molecule has 3 aromatic carbocycles. The highest BCUT2D eigenvalue weighted by Gasteiger charge is 2.26. The van der Waals surface area contributed by atoms with Crippen molar-refractivity contribution >= 4 is 40.0 Å². The summed E-state index contributed by atoms with van der Waals surface area (Å²) in [6.45, 7) is 4.55. The first-order valence-corrected chi connectivity index (χ1v) is 12.0. The van der Waals surface area contributed by atoms with Crippen molar-refractivity contribution in [3.63, 3.8) is 0 Å². The number of carbonyl (C=O) groups excluding carboxylic acids is 1. The molecule has 1 aliphatic heterocycles. The Bertz CT molecular complexity index is 1550. The highest BCUT2D eigenvalue weighted by molar-refractivity contribution is 6.30. The van der Waals surface area contributed by atoms with Gasteiger partial charge in [-0.2, -0.15) is 0 Å². The van der Waals surface area contributed by atoms with Crippen LogP contribution in [0.3, 0.4) is 0 Å². The van der Waals surface area contributed by atoms with Gasteiger partial charge in [-0.15, -0.1) is 10.2 Å². The summed E-state index contributed by atoms with van der Waals surface area (Å²) < 4.78 is 2.02. The maximum absolute atomic E-state index is 13.1. The number of rotatable bonds is 3. The highest BCUT2D eigenvalue weighted by Crippen LogP contribution is 2.29. The van der Waals surface area contributed by atoms with E-state index in [-0.39, 0.29) is 5.91 Å². The van der Waals surface area contributed by atoms with Gasteiger partial charge in [0.1, 0.15) is 0 Å². The molecule has 5 aromatic rings. The molecule has 0 radical (unpaired) electrons. The molecule has 0 N–H and O–H groups in total. The molecule has 1 aliphatic rings. The maximum Gasteiger partial charge on any atom is 0.253 e. The second-order valence-corrected chi connectivity index (χ2v) is 9.20. The molecule has 0 atom stereocenters. The minimum Gasteiger partial charge on any atom is -0.338 e. The van der Waals surface area contributed by atoms with Gasteiger partial charge in [-0.05, 0) is 55.5 Å². The number of nitrogens with zero attached hydrogens (tertiary/aromatic N) is 6. The Kier molecular flexibility index (Phi) is 5.34. The molecule has 7 nitrogen and oxygen atoms in total. The molecule has 0 spiro atoms. The number of halogens is 1. The second-order valence-electron chi connectivity index (χ2n) is 8.77. The summed E-state index contributed by atoms with van der Waals surface area (Å²) in [5, 5.41) is 10.7. The minimum absolute atomic E-state index is 0.0659. The zero-order chi connectivity index (χ0) is 23.9. The molecule has 0 bridgehead atoms. The average molecular weight is 483 g/mol. The SMILES string of the molecule is Cc1cccc(C(=O)N2CCN(c3nc4ccccc4c4nnc(-c5ccc(Cl)cc5)n34)CC2)c1. The average Bonchev–Trinajstić information content (AvgIpc) is 3.34. The van der Waals surface area contributed by atoms with Crippen molar-refractivity contribution < 1.29 is 4.79 Å². The van der Waals surface area contributed by atoms with Gasteiger partial charge in [-0.25, -0.2) is 9.38 Å². The van der Waals surface area contributed by atoms with Crippen LogP contribution in [0, 0.1) is 6.92 Å². The molecule has 35 heavy (non-hydrogen) atoms. The van der Waals surface area contributed by atoms with E-state index in [4.69, 9.17) is 16.6 Å². The summed E-state index contributed by atoms with van der Waals surface area (Å²) in [5.74, 6) is 1.55. The topological polar surface area (TPSA) is 66.6 Å². The largest absolute Gasteiger partial charge is 0.338 e. The fourth-order valence-electron chi connectivity index (χ4n) is 4.63. The van der Waals surface area contributed by atoms with Crippen molar-refractivity contribution in [3.8, 4) is 11.4 Å². The fraction of sp³-hybridized carbons (Fsp3) is 0.185. The van der Waals surface area contributed by atoms with Crippen LogP contribution >= 0.6 is 11.6 Å². The summed E-state index contributed by atoms with van der Waals surface area (Å²) in [5.41, 5.74) is 4.35. The maximum atomic E-state index is 13.1. The first kappa shape index (κ1) is 21.6. The van der Waals surface area contributed by atoms with Crippen molar-refractivity contribution in [2.45, 2.75) is 6.92 Å². The summed E-state index contributed by atoms with van der Waals surface area (Å²) >= 11 is 6.12. The van der Waals surface area contributed by atoms with Crippen LogP contribution in [0.2, 0.25) is 5.02 Å². The van der Waals surface area contributed by atoms with E-state index in [1.807, 2.05) is 89.0 Å². The number of anilines is 1. The van der Waals surface area contributed by atoms with Crippen molar-refractivity contribution in [1.82, 2.24) is 24.5 Å². The normalized spacial score (nSPS) is 14.1. The fourth-order valence-corrected chi connectivity index (χ4v) is 4.76. The number of para-hydroxylation sites is 1. The molecule has 3 heterocycles. The third-order valence-corrected chi connectivity index (χ3v) is 6.70. The van der Waals surface area contributed by atoms with Crippen LogP contribution in [-0.2, 0) is 0 Å². The third kappa shape index (κ3) is 3.88. The van der Waals surface area contributed by atoms with E-state index < -0.39 is 0 Å². The predicted molar refractivity (Wildman–Crippen MR) is 138 cm³/mol. The highest BCUT2D eigenvalue weighted by atomic mass is 35.5. The van der Waals surface area contributed by atoms with Gasteiger partial charge >= 0.3 is 0 Å². The first-order valence-electron chi connectivity index (χ1n) is 11.6. The number of aromatic nitrogens is 4. The zero-order valence-electron chi connectivity index (χ0n) is 19.2. The van der Waals surface area contributed by atoms with Gasteiger partial charge in [0.05, 0.1) is 5.52 Å². The predicted octanol–water partition coefficient (Wildman–Crippen LogP) is 4.87. The molecule has 0 saturated carbocycles. The monoisotopic (exact) mass is 482 g/mol. The summed E-state index contributed by atoms with van der Waals surface area (Å²) in [4.78, 5) is 22.2. The standard InChI is InChI=1S/C27H23ClN6O/c1-18-5-4-6-20(17-18)26(35)32-13-15-33(16-14-32)27-29-23-8-3-2-7-22(23)25-31-30-24(34(25)27)19-9-11-21(28)12-10-19/h2-12,17H,13-16H2,1H3. The van der Waals surface area contributed by atoms with Crippen molar-refractivity contribution in [3.05, 3.63) is 88.9 Å². The molecule has 2 aromatic heterocycles. The van der Waals surface area contributed by atoms with Crippen LogP contribution in [0.25, 0.3) is 27.9 Å². The summed E-state index contributed by atoms with van der Waals surface area (Å²) in [7, 11) is 0. The number of amides is 1. The second kappa shape index (κ2) is 8.67. The molecule has 6 rings (SSSR count). The van der Waals surface area contributed by atoms with Gasteiger partial charge in [0.2, 0.25) is 5.95 Å². The van der Waals surface area contributed by atoms with Gasteiger partial charge in [0.25, 0.3) is 5.91 Å². The number of aryl methyl sites for hydroxylation is 1. The number of hydrogen-bond donors (Lipinski definition) is 0. The lowest BCUT2D eigenvalue weighted by molar-refractivity contribution is 0.0746. The Labute approximate surface area is 207 Å². The van der Waals surface area contributed by atoms with Crippen molar-refractivity contribution in [2.75, 3.05) is 31.1 Å². The first-order chi connectivity index (χ1) is 17.1. The van der Waals surface area contributed by atoms with Crippen LogP contribution in [0.5, 0.6) is 0 Å². The Morgan fingerprint density at radius 3 is 2.43 bits per heavy atom. The van der Waals surface area contributed by atoms with Crippen molar-refractivity contribution in [2.24, 2.45) is 0 Å². The number of benzene rings is 3. The number of piperazine rings is 1. The van der Waals surface area contributed by atoms with Crippen LogP contribution in [0.4, 0.5) is 5.95 Å². The van der Waals surface area contributed by atoms with E-state index in [0.29, 0.717) is 37.0 Å². The Morgan fingerprint density at radius 1 is 0.886 bits per heavy atom. The van der Waals surface area contributed by atoms with Crippen LogP contribution in [0.15, 0.2) is 72.8 Å². The van der Waals surface area contributed by atoms with E-state index in [9.17, 15) is 4.79 Å². The molecule has 0 aliphatic carbocycles. The van der Waals surface area contributed by atoms with Gasteiger partial charge in [-0.1, -0.05) is 41.4 Å². The summed E-state index contributed by atoms with van der Waals surface area (Å²) in [6, 6.07) is 23.3. The Hall–Kier alpha value is -3.97. The Morgan fingerprint density at radius 2 is 1.66 bits per heavy atom. The lowest BCUT2D eigenvalue weighted by Gasteiger charge is -2.35. The van der Waals surface area contributed by atoms with E-state index in [0.717, 1.165) is 39.2 Å². The number of fused-ring (bicyclic) bond motifs is 3. The number of carbonyl (C=O) groups is 1. The quantitative estimate of drug-likeness (QED) is 0.367. The number of hydrogen-bond acceptors (Lipinski definition) is 5. The zero-order valence-corrected chi connectivity index (χ0v) is 20.0. The molecular formula is C27H23ClN6O. The van der Waals surface area contributed by atoms with E-state index in [1.165, 1.54) is 0 Å².